The van der Waals surface area contributed by atoms with E-state index >= 15 is 0 Å². The molecule has 2 fully saturated rings. The Morgan fingerprint density at radius 2 is 1.64 bits per heavy atom. The van der Waals surface area contributed by atoms with Crippen molar-refractivity contribution >= 4 is 27.5 Å². The molecule has 2 saturated heterocycles. The molecule has 33 heavy (non-hydrogen) atoms. The van der Waals surface area contributed by atoms with Crippen molar-refractivity contribution in [3.63, 3.8) is 0 Å². The maximum Gasteiger partial charge on any atom is 0.289 e. The molecule has 0 bridgehead atoms. The second-order valence-electron chi connectivity index (χ2n) is 9.33. The first-order valence-electron chi connectivity index (χ1n) is 11.5. The molecule has 0 aliphatic carbocycles. The monoisotopic (exact) mass is 473 g/mol. The molecule has 1 N–H and O–H groups in total. The lowest BCUT2D eigenvalue weighted by Gasteiger charge is -2.34. The number of hydrogen-bond acceptors (Lipinski definition) is 5. The highest BCUT2D eigenvalue weighted by atomic mass is 32.2. The van der Waals surface area contributed by atoms with Gasteiger partial charge in [-0.25, -0.2) is 8.42 Å². The quantitative estimate of drug-likeness (QED) is 0.717. The molecule has 0 spiro atoms. The van der Waals surface area contributed by atoms with Crippen molar-refractivity contribution in [2.45, 2.75) is 38.0 Å². The summed E-state index contributed by atoms with van der Waals surface area (Å²) in [5, 5.41) is 2.89. The molecule has 1 aromatic heterocycles. The van der Waals surface area contributed by atoms with Gasteiger partial charge in [0.25, 0.3) is 5.91 Å². The summed E-state index contributed by atoms with van der Waals surface area (Å²) in [4.78, 5) is 27.0. The standard InChI is InChI=1S/C24H31N3O5S/c1-17-14-18(2)16-27(15-17)33(30,31)21-7-5-20(6-8-21)25-23(28)19-9-11-26(12-10-19)24(29)22-4-3-13-32-22/h3-8,13,17-19H,9-12,14-16H2,1-2H3,(H,25,28)/t17-,18-/m1/s1. The molecular formula is C24H31N3O5S. The van der Waals surface area contributed by atoms with Gasteiger partial charge in [-0.1, -0.05) is 13.8 Å². The van der Waals surface area contributed by atoms with Crippen LogP contribution in [0.4, 0.5) is 5.69 Å². The molecular weight excluding hydrogens is 442 g/mol. The molecule has 2 aliphatic rings. The summed E-state index contributed by atoms with van der Waals surface area (Å²) in [6, 6.07) is 9.70. The van der Waals surface area contributed by atoms with E-state index in [0.29, 0.717) is 62.3 Å². The zero-order valence-electron chi connectivity index (χ0n) is 19.1. The summed E-state index contributed by atoms with van der Waals surface area (Å²) in [5.74, 6) is 0.500. The lowest BCUT2D eigenvalue weighted by Crippen LogP contribution is -2.42. The lowest BCUT2D eigenvalue weighted by atomic mass is 9.94. The van der Waals surface area contributed by atoms with Crippen LogP contribution in [0.3, 0.4) is 0 Å². The van der Waals surface area contributed by atoms with Crippen LogP contribution >= 0.6 is 0 Å². The first-order chi connectivity index (χ1) is 15.7. The maximum absolute atomic E-state index is 13.0. The van der Waals surface area contributed by atoms with Crippen LogP contribution in [0.15, 0.2) is 52.0 Å². The number of amides is 2. The average molecular weight is 474 g/mol. The van der Waals surface area contributed by atoms with E-state index in [1.165, 1.54) is 6.26 Å². The smallest absolute Gasteiger partial charge is 0.289 e. The van der Waals surface area contributed by atoms with Gasteiger partial charge < -0.3 is 14.6 Å². The highest BCUT2D eigenvalue weighted by molar-refractivity contribution is 7.89. The third-order valence-electron chi connectivity index (χ3n) is 6.48. The van der Waals surface area contributed by atoms with Gasteiger partial charge in [0, 0.05) is 37.8 Å². The largest absolute Gasteiger partial charge is 0.459 e. The van der Waals surface area contributed by atoms with Crippen molar-refractivity contribution in [3.05, 3.63) is 48.4 Å². The second-order valence-corrected chi connectivity index (χ2v) is 11.3. The minimum absolute atomic E-state index is 0.116. The Labute approximate surface area is 195 Å². The predicted molar refractivity (Wildman–Crippen MR) is 124 cm³/mol. The van der Waals surface area contributed by atoms with E-state index in [2.05, 4.69) is 19.2 Å². The third-order valence-corrected chi connectivity index (χ3v) is 8.33. The Hall–Kier alpha value is -2.65. The Morgan fingerprint density at radius 3 is 2.21 bits per heavy atom. The number of furan rings is 1. The molecule has 9 heteroatoms. The van der Waals surface area contributed by atoms with Gasteiger partial charge in [0.1, 0.15) is 0 Å². The molecule has 2 aliphatic heterocycles. The van der Waals surface area contributed by atoms with Crippen LogP contribution in [-0.4, -0.2) is 55.6 Å². The van der Waals surface area contributed by atoms with Crippen LogP contribution in [0, 0.1) is 17.8 Å². The van der Waals surface area contributed by atoms with Crippen molar-refractivity contribution in [1.82, 2.24) is 9.21 Å². The number of benzene rings is 1. The molecule has 4 rings (SSSR count). The predicted octanol–water partition coefficient (Wildman–Crippen LogP) is 3.44. The van der Waals surface area contributed by atoms with Gasteiger partial charge >= 0.3 is 0 Å². The summed E-state index contributed by atoms with van der Waals surface area (Å²) in [6.07, 6.45) is 3.64. The van der Waals surface area contributed by atoms with Crippen molar-refractivity contribution < 1.29 is 22.4 Å². The summed E-state index contributed by atoms with van der Waals surface area (Å²) in [5.41, 5.74) is 0.563. The third kappa shape index (κ3) is 5.30. The molecule has 3 heterocycles. The van der Waals surface area contributed by atoms with E-state index in [0.717, 1.165) is 6.42 Å². The van der Waals surface area contributed by atoms with E-state index in [1.54, 1.807) is 45.6 Å². The topological polar surface area (TPSA) is 99.9 Å². The van der Waals surface area contributed by atoms with Crippen LogP contribution in [0.1, 0.15) is 43.7 Å². The van der Waals surface area contributed by atoms with Gasteiger partial charge in [-0.15, -0.1) is 0 Å². The number of sulfonamides is 1. The van der Waals surface area contributed by atoms with Crippen LogP contribution < -0.4 is 5.32 Å². The van der Waals surface area contributed by atoms with Crippen LogP contribution in [-0.2, 0) is 14.8 Å². The zero-order valence-corrected chi connectivity index (χ0v) is 19.9. The summed E-state index contributed by atoms with van der Waals surface area (Å²) in [6.45, 7) is 6.20. The van der Waals surface area contributed by atoms with Crippen molar-refractivity contribution in [3.8, 4) is 0 Å². The normalized spacial score (nSPS) is 22.8. The van der Waals surface area contributed by atoms with Crippen molar-refractivity contribution in [1.29, 1.82) is 0 Å². The number of carbonyl (C=O) groups excluding carboxylic acids is 2. The fourth-order valence-corrected chi connectivity index (χ4v) is 6.49. The van der Waals surface area contributed by atoms with Gasteiger partial charge in [-0.3, -0.25) is 9.59 Å². The minimum atomic E-state index is -3.55. The number of nitrogens with one attached hydrogen (secondary N) is 1. The van der Waals surface area contributed by atoms with Gasteiger partial charge in [-0.05, 0) is 67.5 Å². The number of carbonyl (C=O) groups is 2. The zero-order chi connectivity index (χ0) is 23.6. The SMILES string of the molecule is C[C@@H]1C[C@@H](C)CN(S(=O)(=O)c2ccc(NC(=O)C3CCN(C(=O)c4ccco4)CC3)cc2)C1. The van der Waals surface area contributed by atoms with Gasteiger partial charge in [0.15, 0.2) is 5.76 Å². The van der Waals surface area contributed by atoms with Crippen molar-refractivity contribution in [2.24, 2.45) is 17.8 Å². The van der Waals surface area contributed by atoms with E-state index in [-0.39, 0.29) is 22.6 Å². The van der Waals surface area contributed by atoms with Crippen LogP contribution in [0.25, 0.3) is 0 Å². The highest BCUT2D eigenvalue weighted by Crippen LogP contribution is 2.27. The Bertz CT molecular complexity index is 1060. The molecule has 2 aromatic rings. The molecule has 1 aromatic carbocycles. The fraction of sp³-hybridized carbons (Fsp3) is 0.500. The van der Waals surface area contributed by atoms with Crippen LogP contribution in [0.2, 0.25) is 0 Å². The Balaban J connectivity index is 1.33. The number of rotatable bonds is 5. The van der Waals surface area contributed by atoms with E-state index in [4.69, 9.17) is 4.42 Å². The highest BCUT2D eigenvalue weighted by Gasteiger charge is 2.32. The number of piperidine rings is 2. The van der Waals surface area contributed by atoms with E-state index in [9.17, 15) is 18.0 Å². The average Bonchev–Trinajstić information content (AvgIpc) is 3.33. The first kappa shape index (κ1) is 23.5. The van der Waals surface area contributed by atoms with Gasteiger partial charge in [0.2, 0.25) is 15.9 Å². The second kappa shape index (κ2) is 9.69. The fourth-order valence-electron chi connectivity index (χ4n) is 4.81. The molecule has 0 radical (unpaired) electrons. The molecule has 8 nitrogen and oxygen atoms in total. The van der Waals surface area contributed by atoms with E-state index < -0.39 is 10.0 Å². The number of hydrogen-bond donors (Lipinski definition) is 1. The van der Waals surface area contributed by atoms with E-state index in [1.807, 2.05) is 0 Å². The maximum atomic E-state index is 13.0. The summed E-state index contributed by atoms with van der Waals surface area (Å²) < 4.78 is 32.8. The molecule has 2 amide bonds. The number of nitrogens with zero attached hydrogens (tertiary/aromatic N) is 2. The Kier molecular flexibility index (Phi) is 6.90. The number of anilines is 1. The number of likely N-dealkylation sites (tertiary alicyclic amines) is 1. The molecule has 0 unspecified atom stereocenters. The summed E-state index contributed by atoms with van der Waals surface area (Å²) in [7, 11) is -3.55. The van der Waals surface area contributed by atoms with Gasteiger partial charge in [-0.2, -0.15) is 4.31 Å². The Morgan fingerprint density at radius 1 is 1.00 bits per heavy atom. The lowest BCUT2D eigenvalue weighted by molar-refractivity contribution is -0.121. The molecule has 0 saturated carbocycles. The van der Waals surface area contributed by atoms with Gasteiger partial charge in [0.05, 0.1) is 11.2 Å². The molecule has 2 atom stereocenters. The van der Waals surface area contributed by atoms with Crippen molar-refractivity contribution in [2.75, 3.05) is 31.5 Å². The first-order valence-corrected chi connectivity index (χ1v) is 12.9. The van der Waals surface area contributed by atoms with Crippen LogP contribution in [0.5, 0.6) is 0 Å². The molecule has 178 valence electrons. The summed E-state index contributed by atoms with van der Waals surface area (Å²) >= 11 is 0. The minimum Gasteiger partial charge on any atom is -0.459 e.